The van der Waals surface area contributed by atoms with E-state index in [9.17, 15) is 0 Å². The van der Waals surface area contributed by atoms with Crippen LogP contribution in [0.4, 0.5) is 0 Å². The summed E-state index contributed by atoms with van der Waals surface area (Å²) in [5.41, 5.74) is 5.59. The molecule has 0 aromatic heterocycles. The first-order chi connectivity index (χ1) is 6.81. The van der Waals surface area contributed by atoms with E-state index in [4.69, 9.17) is 12.2 Å². The highest BCUT2D eigenvalue weighted by Gasteiger charge is 2.23. The lowest BCUT2D eigenvalue weighted by Crippen LogP contribution is -2.42. The number of nitrogens with zero attached hydrogens (tertiary/aromatic N) is 1. The Hall–Kier alpha value is -0.520. The van der Waals surface area contributed by atoms with Crippen LogP contribution in [-0.4, -0.2) is 30.6 Å². The van der Waals surface area contributed by atoms with Crippen molar-refractivity contribution in [3.63, 3.8) is 0 Å². The highest BCUT2D eigenvalue weighted by atomic mass is 15.2. The molecule has 0 aromatic rings. The summed E-state index contributed by atoms with van der Waals surface area (Å²) in [7, 11) is 0. The van der Waals surface area contributed by atoms with Crippen molar-refractivity contribution < 1.29 is 0 Å². The molecule has 1 rings (SSSR count). The van der Waals surface area contributed by atoms with E-state index in [-0.39, 0.29) is 0 Å². The molecule has 1 heterocycles. The number of terminal acetylenes is 1. The molecule has 1 aliphatic heterocycles. The van der Waals surface area contributed by atoms with E-state index < -0.39 is 0 Å². The third-order valence-corrected chi connectivity index (χ3v) is 3.15. The Morgan fingerprint density at radius 3 is 3.00 bits per heavy atom. The largest absolute Gasteiger partial charge is 0.330 e. The molecule has 0 amide bonds. The molecule has 2 N–H and O–H groups in total. The molecule has 0 bridgehead atoms. The van der Waals surface area contributed by atoms with Crippen LogP contribution in [0, 0.1) is 18.3 Å². The number of piperidine rings is 1. The van der Waals surface area contributed by atoms with Gasteiger partial charge in [-0.1, -0.05) is 12.8 Å². The quantitative estimate of drug-likeness (QED) is 0.687. The molecule has 1 saturated heterocycles. The predicted molar refractivity (Wildman–Crippen MR) is 60.9 cm³/mol. The Bertz CT molecular complexity index is 193. The first kappa shape index (κ1) is 11.6. The van der Waals surface area contributed by atoms with Crippen molar-refractivity contribution in [2.45, 2.75) is 38.6 Å². The van der Waals surface area contributed by atoms with Gasteiger partial charge in [0.15, 0.2) is 0 Å². The normalized spacial score (nSPS) is 25.6. The van der Waals surface area contributed by atoms with Crippen LogP contribution in [0.15, 0.2) is 0 Å². The standard InChI is InChI=1S/C12H22N2/c1-3-12(4-2)14-9-5-6-11(10-14)7-8-13/h1,11-12H,4-10,13H2,2H3. The number of hydrogen-bond donors (Lipinski definition) is 1. The average Bonchev–Trinajstić information content (AvgIpc) is 2.21. The van der Waals surface area contributed by atoms with Gasteiger partial charge in [-0.15, -0.1) is 6.42 Å². The smallest absolute Gasteiger partial charge is 0.0709 e. The average molecular weight is 194 g/mol. The topological polar surface area (TPSA) is 29.3 Å². The van der Waals surface area contributed by atoms with Crippen LogP contribution in [0.25, 0.3) is 0 Å². The maximum absolute atomic E-state index is 5.59. The monoisotopic (exact) mass is 194 g/mol. The molecule has 2 nitrogen and oxygen atoms in total. The van der Waals surface area contributed by atoms with E-state index >= 15 is 0 Å². The van der Waals surface area contributed by atoms with Gasteiger partial charge in [0.1, 0.15) is 0 Å². The van der Waals surface area contributed by atoms with Crippen LogP contribution in [0.1, 0.15) is 32.6 Å². The molecule has 2 unspecified atom stereocenters. The molecule has 0 radical (unpaired) electrons. The summed E-state index contributed by atoms with van der Waals surface area (Å²) in [4.78, 5) is 2.45. The summed E-state index contributed by atoms with van der Waals surface area (Å²) in [5, 5.41) is 0. The first-order valence-electron chi connectivity index (χ1n) is 5.72. The minimum Gasteiger partial charge on any atom is -0.330 e. The molecule has 0 saturated carbocycles. The molecule has 2 atom stereocenters. The lowest BCUT2D eigenvalue weighted by Gasteiger charge is -2.35. The third kappa shape index (κ3) is 3.01. The van der Waals surface area contributed by atoms with Crippen LogP contribution in [-0.2, 0) is 0 Å². The van der Waals surface area contributed by atoms with Gasteiger partial charge in [0.2, 0.25) is 0 Å². The van der Waals surface area contributed by atoms with Crippen molar-refractivity contribution in [2.75, 3.05) is 19.6 Å². The fourth-order valence-electron chi connectivity index (χ4n) is 2.33. The molecule has 2 heteroatoms. The van der Waals surface area contributed by atoms with Crippen molar-refractivity contribution in [3.8, 4) is 12.3 Å². The second-order valence-corrected chi connectivity index (χ2v) is 4.17. The van der Waals surface area contributed by atoms with Gasteiger partial charge in [-0.25, -0.2) is 0 Å². The molecular formula is C12H22N2. The van der Waals surface area contributed by atoms with Crippen molar-refractivity contribution >= 4 is 0 Å². The summed E-state index contributed by atoms with van der Waals surface area (Å²) in [5.74, 6) is 3.65. The summed E-state index contributed by atoms with van der Waals surface area (Å²) in [6.45, 7) is 5.30. The van der Waals surface area contributed by atoms with Gasteiger partial charge in [0, 0.05) is 6.54 Å². The zero-order valence-corrected chi connectivity index (χ0v) is 9.21. The van der Waals surface area contributed by atoms with Gasteiger partial charge in [-0.2, -0.15) is 0 Å². The maximum atomic E-state index is 5.59. The van der Waals surface area contributed by atoms with Crippen LogP contribution in [0.2, 0.25) is 0 Å². The van der Waals surface area contributed by atoms with Crippen molar-refractivity contribution in [1.82, 2.24) is 4.90 Å². The molecular weight excluding hydrogens is 172 g/mol. The van der Waals surface area contributed by atoms with Gasteiger partial charge < -0.3 is 5.73 Å². The maximum Gasteiger partial charge on any atom is 0.0709 e. The summed E-state index contributed by atoms with van der Waals surface area (Å²) < 4.78 is 0. The van der Waals surface area contributed by atoms with Crippen LogP contribution < -0.4 is 5.73 Å². The van der Waals surface area contributed by atoms with Gasteiger partial charge in [-0.05, 0) is 44.7 Å². The van der Waals surface area contributed by atoms with E-state index in [0.29, 0.717) is 6.04 Å². The summed E-state index contributed by atoms with van der Waals surface area (Å²) in [6, 6.07) is 0.343. The third-order valence-electron chi connectivity index (χ3n) is 3.15. The highest BCUT2D eigenvalue weighted by molar-refractivity contribution is 5.00. The Kier molecular flexibility index (Phi) is 5.00. The minimum absolute atomic E-state index is 0.343. The van der Waals surface area contributed by atoms with Crippen LogP contribution in [0.5, 0.6) is 0 Å². The van der Waals surface area contributed by atoms with Crippen LogP contribution >= 0.6 is 0 Å². The molecule has 14 heavy (non-hydrogen) atoms. The minimum atomic E-state index is 0.343. The van der Waals surface area contributed by atoms with Crippen molar-refractivity contribution in [1.29, 1.82) is 0 Å². The fraction of sp³-hybridized carbons (Fsp3) is 0.833. The molecule has 0 aromatic carbocycles. The Morgan fingerprint density at radius 2 is 2.43 bits per heavy atom. The Labute approximate surface area is 87.8 Å². The second kappa shape index (κ2) is 6.06. The van der Waals surface area contributed by atoms with Gasteiger partial charge >= 0.3 is 0 Å². The Balaban J connectivity index is 2.43. The van der Waals surface area contributed by atoms with E-state index in [1.54, 1.807) is 0 Å². The highest BCUT2D eigenvalue weighted by Crippen LogP contribution is 2.21. The summed E-state index contributed by atoms with van der Waals surface area (Å²) >= 11 is 0. The number of rotatable bonds is 4. The lowest BCUT2D eigenvalue weighted by atomic mass is 9.93. The molecule has 80 valence electrons. The van der Waals surface area contributed by atoms with Crippen LogP contribution in [0.3, 0.4) is 0 Å². The van der Waals surface area contributed by atoms with E-state index in [2.05, 4.69) is 17.7 Å². The molecule has 1 aliphatic rings. The van der Waals surface area contributed by atoms with Gasteiger partial charge in [0.05, 0.1) is 6.04 Å². The van der Waals surface area contributed by atoms with E-state index in [1.807, 2.05) is 0 Å². The number of likely N-dealkylation sites (tertiary alicyclic amines) is 1. The SMILES string of the molecule is C#CC(CC)N1CCCC(CCN)C1. The zero-order chi connectivity index (χ0) is 10.4. The number of hydrogen-bond acceptors (Lipinski definition) is 2. The second-order valence-electron chi connectivity index (χ2n) is 4.17. The van der Waals surface area contributed by atoms with Gasteiger partial charge in [-0.3, -0.25) is 4.90 Å². The first-order valence-corrected chi connectivity index (χ1v) is 5.72. The van der Waals surface area contributed by atoms with E-state index in [1.165, 1.54) is 19.4 Å². The number of nitrogens with two attached hydrogens (primary N) is 1. The molecule has 1 fully saturated rings. The molecule has 0 aliphatic carbocycles. The zero-order valence-electron chi connectivity index (χ0n) is 9.21. The fourth-order valence-corrected chi connectivity index (χ4v) is 2.33. The Morgan fingerprint density at radius 1 is 1.64 bits per heavy atom. The molecule has 0 spiro atoms. The lowest BCUT2D eigenvalue weighted by molar-refractivity contribution is 0.143. The van der Waals surface area contributed by atoms with Crippen molar-refractivity contribution in [2.24, 2.45) is 11.7 Å². The van der Waals surface area contributed by atoms with Crippen molar-refractivity contribution in [3.05, 3.63) is 0 Å². The summed E-state index contributed by atoms with van der Waals surface area (Å²) in [6.07, 6.45) is 10.3. The predicted octanol–water partition coefficient (Wildman–Crippen LogP) is 1.46. The van der Waals surface area contributed by atoms with E-state index in [0.717, 1.165) is 31.8 Å². The van der Waals surface area contributed by atoms with Gasteiger partial charge in [0.25, 0.3) is 0 Å².